The van der Waals surface area contributed by atoms with E-state index in [2.05, 4.69) is 178 Å². The van der Waals surface area contributed by atoms with Crippen molar-refractivity contribution in [3.8, 4) is 11.1 Å². The Hall–Kier alpha value is -2.89. The molecular formula is C44H50Zr. The van der Waals surface area contributed by atoms with Crippen LogP contribution in [-0.4, -0.2) is 3.21 Å². The van der Waals surface area contributed by atoms with E-state index in [1.807, 2.05) is 0 Å². The van der Waals surface area contributed by atoms with Gasteiger partial charge in [0.25, 0.3) is 0 Å². The van der Waals surface area contributed by atoms with Crippen molar-refractivity contribution in [2.24, 2.45) is 5.41 Å². The van der Waals surface area contributed by atoms with Crippen molar-refractivity contribution >= 4 is 3.21 Å². The fourth-order valence-electron chi connectivity index (χ4n) is 5.48. The number of hydrogen-bond donors (Lipinski definition) is 0. The van der Waals surface area contributed by atoms with Crippen LogP contribution >= 0.6 is 0 Å². The first-order chi connectivity index (χ1) is 21.0. The molecular weight excluding hydrogens is 620 g/mol. The van der Waals surface area contributed by atoms with E-state index in [1.54, 1.807) is 0 Å². The molecule has 0 radical (unpaired) electrons. The van der Waals surface area contributed by atoms with E-state index in [4.69, 9.17) is 0 Å². The first-order valence-corrected chi connectivity index (χ1v) is 17.4. The van der Waals surface area contributed by atoms with E-state index >= 15 is 0 Å². The van der Waals surface area contributed by atoms with E-state index in [9.17, 15) is 0 Å². The topological polar surface area (TPSA) is 0 Å². The molecule has 0 aromatic heterocycles. The van der Waals surface area contributed by atoms with Gasteiger partial charge in [-0.2, -0.15) is 29.3 Å². The molecule has 1 heteroatoms. The van der Waals surface area contributed by atoms with Crippen LogP contribution in [0.1, 0.15) is 109 Å². The van der Waals surface area contributed by atoms with E-state index in [1.165, 1.54) is 83.1 Å². The van der Waals surface area contributed by atoms with Crippen LogP contribution in [0.2, 0.25) is 0 Å². The maximum absolute atomic E-state index is 3.67. The van der Waals surface area contributed by atoms with Crippen LogP contribution in [-0.2, 0) is 41.5 Å². The summed E-state index contributed by atoms with van der Waals surface area (Å²) in [6.45, 7) is 22.5. The molecule has 0 N–H and O–H groups in total. The van der Waals surface area contributed by atoms with Crippen LogP contribution < -0.4 is 0 Å². The second-order valence-corrected chi connectivity index (χ2v) is 16.6. The molecule has 0 saturated heterocycles. The summed E-state index contributed by atoms with van der Waals surface area (Å²) in [5.41, 5.74) is 14.5. The van der Waals surface area contributed by atoms with Gasteiger partial charge in [-0.15, -0.1) is 17.5 Å². The predicted molar refractivity (Wildman–Crippen MR) is 192 cm³/mol. The molecule has 2 aliphatic rings. The van der Waals surface area contributed by atoms with Gasteiger partial charge in [-0.05, 0) is 33.8 Å². The van der Waals surface area contributed by atoms with Crippen LogP contribution in [0.5, 0.6) is 0 Å². The molecule has 0 fully saturated rings. The van der Waals surface area contributed by atoms with E-state index in [0.717, 1.165) is 12.8 Å². The van der Waals surface area contributed by atoms with Crippen molar-refractivity contribution in [2.45, 2.75) is 92.9 Å². The Bertz CT molecular complexity index is 1580. The van der Waals surface area contributed by atoms with Gasteiger partial charge in [-0.1, -0.05) is 93.0 Å². The summed E-state index contributed by atoms with van der Waals surface area (Å²) in [4.78, 5) is 0. The average Bonchev–Trinajstić information content (AvgIpc) is 3.60. The zero-order valence-electron chi connectivity index (χ0n) is 29.2. The molecule has 2 aliphatic carbocycles. The second-order valence-electron chi connectivity index (χ2n) is 15.4. The minimum atomic E-state index is 0.167. The number of allylic oxidation sites excluding steroid dienone is 4. The van der Waals surface area contributed by atoms with Crippen molar-refractivity contribution < 1.29 is 24.2 Å². The van der Waals surface area contributed by atoms with Crippen molar-refractivity contribution in [3.05, 3.63) is 154 Å². The summed E-state index contributed by atoms with van der Waals surface area (Å²) >= 11 is 1.46. The van der Waals surface area contributed by atoms with Crippen LogP contribution in [0.25, 0.3) is 11.1 Å². The molecule has 4 aromatic rings. The molecule has 4 aromatic carbocycles. The van der Waals surface area contributed by atoms with E-state index in [-0.39, 0.29) is 10.8 Å². The third-order valence-electron chi connectivity index (χ3n) is 8.50. The Kier molecular flexibility index (Phi) is 11.1. The summed E-state index contributed by atoms with van der Waals surface area (Å²) in [6.07, 6.45) is 7.61. The van der Waals surface area contributed by atoms with Crippen LogP contribution in [0.4, 0.5) is 0 Å². The van der Waals surface area contributed by atoms with Gasteiger partial charge in [-0.3, -0.25) is 6.08 Å². The van der Waals surface area contributed by atoms with Gasteiger partial charge in [0.2, 0.25) is 0 Å². The minimum absolute atomic E-state index is 0.167. The van der Waals surface area contributed by atoms with Crippen molar-refractivity contribution in [2.75, 3.05) is 0 Å². The Morgan fingerprint density at radius 1 is 0.644 bits per heavy atom. The quantitative estimate of drug-likeness (QED) is 0.164. The Balaban J connectivity index is 0.000000166. The molecule has 0 bridgehead atoms. The van der Waals surface area contributed by atoms with Crippen molar-refractivity contribution in [1.82, 2.24) is 0 Å². The molecule has 0 atom stereocenters. The summed E-state index contributed by atoms with van der Waals surface area (Å²) in [7, 11) is 0. The molecule has 0 saturated carbocycles. The summed E-state index contributed by atoms with van der Waals surface area (Å²) < 4.78 is 1.42. The Labute approximate surface area is 289 Å². The normalized spacial score (nSPS) is 13.8. The molecule has 0 amide bonds. The third kappa shape index (κ3) is 9.33. The van der Waals surface area contributed by atoms with Gasteiger partial charge in [0.15, 0.2) is 0 Å². The molecule has 0 spiro atoms. The standard InChI is InChI=1S/C21H25.C13H10.C10H15.Zr/c1-20(2,3)16-7-9-18-14(12-16)11-15-13-17(21(4,5)6)8-10-19(15)18;1-3-7-12(8-4-1)11-13-9-5-2-6-10-13;1-8-5-6-9(7-8)10(2,3)4;/h7-10,12H,11H2,1-6H3;1-10H;7H,6H2,1-4H3;/q-1;;-1;+2. The van der Waals surface area contributed by atoms with Gasteiger partial charge in [0.1, 0.15) is 0 Å². The van der Waals surface area contributed by atoms with E-state index in [0.29, 0.717) is 5.41 Å². The van der Waals surface area contributed by atoms with Crippen molar-refractivity contribution in [1.29, 1.82) is 0 Å². The molecule has 230 valence electrons. The third-order valence-corrected chi connectivity index (χ3v) is 9.92. The molecule has 0 heterocycles. The van der Waals surface area contributed by atoms with Crippen molar-refractivity contribution in [3.63, 3.8) is 0 Å². The first kappa shape index (κ1) is 35.0. The van der Waals surface area contributed by atoms with E-state index < -0.39 is 0 Å². The van der Waals surface area contributed by atoms with Gasteiger partial charge < -0.3 is 0 Å². The second kappa shape index (κ2) is 14.3. The first-order valence-electron chi connectivity index (χ1n) is 16.2. The van der Waals surface area contributed by atoms with Crippen LogP contribution in [0.3, 0.4) is 0 Å². The zero-order valence-corrected chi connectivity index (χ0v) is 31.6. The zero-order chi connectivity index (χ0) is 33.0. The fraction of sp³-hybridized carbons (Fsp3) is 0.341. The monoisotopic (exact) mass is 668 g/mol. The molecule has 0 aliphatic heterocycles. The Morgan fingerprint density at radius 2 is 1.20 bits per heavy atom. The Morgan fingerprint density at radius 3 is 1.64 bits per heavy atom. The summed E-state index contributed by atoms with van der Waals surface area (Å²) in [6, 6.07) is 36.3. The predicted octanol–water partition coefficient (Wildman–Crippen LogP) is 11.6. The maximum atomic E-state index is 3.67. The fourth-order valence-corrected chi connectivity index (χ4v) is 6.30. The molecule has 6 rings (SSSR count). The van der Waals surface area contributed by atoms with Crippen LogP contribution in [0, 0.1) is 17.6 Å². The van der Waals surface area contributed by atoms with Gasteiger partial charge in [-0.25, -0.2) is 11.6 Å². The average molecular weight is 670 g/mol. The molecule has 45 heavy (non-hydrogen) atoms. The van der Waals surface area contributed by atoms with Gasteiger partial charge in [0, 0.05) is 0 Å². The van der Waals surface area contributed by atoms with Gasteiger partial charge in [0.05, 0.1) is 0 Å². The van der Waals surface area contributed by atoms with Crippen LogP contribution in [0.15, 0.2) is 108 Å². The molecule has 0 unspecified atom stereocenters. The number of benzene rings is 4. The summed E-state index contributed by atoms with van der Waals surface area (Å²) in [5.74, 6) is 0. The summed E-state index contributed by atoms with van der Waals surface area (Å²) in [5, 5.41) is 0. The number of rotatable bonds is 2. The number of hydrogen-bond acceptors (Lipinski definition) is 0. The SMILES string of the molecule is CC(C)(C)c1[c-]c2c(cc1)-c1ccc(C(C)(C)C)cc1C2.CC1=[C-]CC(C(C)(C)C)=C1.[Zr+2]=[C](c1ccccc1)c1ccccc1. The van der Waals surface area contributed by atoms with Gasteiger partial charge >= 0.3 is 99.2 Å². The number of fused-ring (bicyclic) bond motifs is 3. The molecule has 0 nitrogen and oxygen atoms in total.